The molecule has 1 aliphatic heterocycles. The lowest BCUT2D eigenvalue weighted by Gasteiger charge is -2.35. The van der Waals surface area contributed by atoms with E-state index in [4.69, 9.17) is 21.1 Å². The maximum Gasteiger partial charge on any atom is 0.251 e. The summed E-state index contributed by atoms with van der Waals surface area (Å²) in [6, 6.07) is 4.00. The summed E-state index contributed by atoms with van der Waals surface area (Å²) in [6.07, 6.45) is -0.405. The molecule has 1 atom stereocenters. The van der Waals surface area contributed by atoms with Crippen molar-refractivity contribution in [3.63, 3.8) is 0 Å². The predicted octanol–water partition coefficient (Wildman–Crippen LogP) is 2.49. The molecule has 1 aromatic heterocycles. The van der Waals surface area contributed by atoms with Gasteiger partial charge in [0.1, 0.15) is 6.10 Å². The summed E-state index contributed by atoms with van der Waals surface area (Å²) in [4.78, 5) is 17.9. The Balaban J connectivity index is 1.69. The summed E-state index contributed by atoms with van der Waals surface area (Å²) in [5.41, 5.74) is 0. The predicted molar refractivity (Wildman–Crippen MR) is 93.1 cm³/mol. The number of nitrogens with zero attached hydrogens (tertiary/aromatic N) is 2. The Bertz CT molecular complexity index is 489. The lowest BCUT2D eigenvalue weighted by Crippen LogP contribution is -2.51. The van der Waals surface area contributed by atoms with Gasteiger partial charge in [0, 0.05) is 44.2 Å². The molecule has 0 bridgehead atoms. The van der Waals surface area contributed by atoms with Crippen LogP contribution in [0.4, 0.5) is 0 Å². The van der Waals surface area contributed by atoms with Crippen molar-refractivity contribution in [3.05, 3.63) is 21.3 Å². The molecule has 0 N–H and O–H groups in total. The van der Waals surface area contributed by atoms with Gasteiger partial charge in [-0.05, 0) is 26.0 Å². The molecule has 1 saturated heterocycles. The van der Waals surface area contributed by atoms with Crippen LogP contribution in [0.3, 0.4) is 0 Å². The highest BCUT2D eigenvalue weighted by Crippen LogP contribution is 2.23. The highest BCUT2D eigenvalue weighted by atomic mass is 35.5. The van der Waals surface area contributed by atoms with Gasteiger partial charge in [-0.15, -0.1) is 11.3 Å². The largest absolute Gasteiger partial charge is 0.379 e. The second-order valence-corrected chi connectivity index (χ2v) is 7.32. The highest BCUT2D eigenvalue weighted by molar-refractivity contribution is 7.16. The normalized spacial score (nSPS) is 17.4. The molecule has 0 aromatic carbocycles. The van der Waals surface area contributed by atoms with E-state index in [0.29, 0.717) is 19.8 Å². The van der Waals surface area contributed by atoms with E-state index in [9.17, 15) is 4.79 Å². The molecule has 5 nitrogen and oxygen atoms in total. The zero-order valence-corrected chi connectivity index (χ0v) is 15.4. The maximum atomic E-state index is 12.4. The van der Waals surface area contributed by atoms with Gasteiger partial charge >= 0.3 is 0 Å². The van der Waals surface area contributed by atoms with E-state index in [-0.39, 0.29) is 5.91 Å². The van der Waals surface area contributed by atoms with Crippen molar-refractivity contribution in [3.8, 4) is 0 Å². The number of carbonyl (C=O) groups excluding carboxylic acids is 1. The van der Waals surface area contributed by atoms with E-state index in [0.717, 1.165) is 37.1 Å². The Labute approximate surface area is 147 Å². The molecule has 2 heterocycles. The van der Waals surface area contributed by atoms with Crippen LogP contribution in [0.15, 0.2) is 12.1 Å². The first-order valence-corrected chi connectivity index (χ1v) is 9.24. The van der Waals surface area contributed by atoms with Crippen LogP contribution in [-0.4, -0.2) is 67.8 Å². The molecule has 0 radical (unpaired) electrons. The molecular weight excluding hydrogens is 336 g/mol. The number of ether oxygens (including phenoxy) is 2. The van der Waals surface area contributed by atoms with Gasteiger partial charge in [-0.3, -0.25) is 9.69 Å². The molecule has 1 fully saturated rings. The van der Waals surface area contributed by atoms with Crippen molar-refractivity contribution >= 4 is 28.8 Å². The van der Waals surface area contributed by atoms with E-state index < -0.39 is 6.10 Å². The van der Waals surface area contributed by atoms with Crippen LogP contribution in [0, 0.1) is 0 Å². The van der Waals surface area contributed by atoms with Crippen LogP contribution >= 0.6 is 22.9 Å². The van der Waals surface area contributed by atoms with Crippen molar-refractivity contribution in [2.45, 2.75) is 26.5 Å². The average molecular weight is 361 g/mol. The minimum Gasteiger partial charge on any atom is -0.379 e. The molecule has 7 heteroatoms. The molecule has 0 saturated carbocycles. The molecular formula is C16H25ClN2O3S. The fourth-order valence-corrected chi connectivity index (χ4v) is 3.67. The summed E-state index contributed by atoms with van der Waals surface area (Å²) in [5.74, 6) is 0.0697. The zero-order valence-electron chi connectivity index (χ0n) is 13.8. The van der Waals surface area contributed by atoms with Gasteiger partial charge in [0.25, 0.3) is 5.91 Å². The van der Waals surface area contributed by atoms with Gasteiger partial charge in [-0.25, -0.2) is 0 Å². The lowest BCUT2D eigenvalue weighted by atomic mass is 10.2. The number of carbonyl (C=O) groups is 1. The van der Waals surface area contributed by atoms with Crippen LogP contribution in [0.5, 0.6) is 0 Å². The molecule has 1 aromatic rings. The SMILES string of the molecule is CCOCCOC(C)C(=O)N1CCN(Cc2ccc(Cl)s2)CC1. The first-order chi connectivity index (χ1) is 11.1. The summed E-state index contributed by atoms with van der Waals surface area (Å²) in [6.45, 7) is 9.58. The van der Waals surface area contributed by atoms with Gasteiger partial charge in [-0.2, -0.15) is 0 Å². The van der Waals surface area contributed by atoms with Crippen LogP contribution in [0.1, 0.15) is 18.7 Å². The number of thiophene rings is 1. The average Bonchev–Trinajstić information content (AvgIpc) is 2.96. The van der Waals surface area contributed by atoms with E-state index in [1.165, 1.54) is 4.88 Å². The Kier molecular flexibility index (Phi) is 7.79. The number of piperazine rings is 1. The van der Waals surface area contributed by atoms with Gasteiger partial charge in [0.15, 0.2) is 0 Å². The van der Waals surface area contributed by atoms with Crippen LogP contribution in [-0.2, 0) is 20.8 Å². The second kappa shape index (κ2) is 9.59. The molecule has 2 rings (SSSR count). The van der Waals surface area contributed by atoms with Crippen molar-refractivity contribution in [1.82, 2.24) is 9.80 Å². The van der Waals surface area contributed by atoms with Gasteiger partial charge in [-0.1, -0.05) is 11.6 Å². The molecule has 130 valence electrons. The Morgan fingerprint density at radius 1 is 1.30 bits per heavy atom. The minimum atomic E-state index is -0.405. The van der Waals surface area contributed by atoms with Gasteiger partial charge < -0.3 is 14.4 Å². The number of hydrogen-bond donors (Lipinski definition) is 0. The van der Waals surface area contributed by atoms with Crippen molar-refractivity contribution in [2.24, 2.45) is 0 Å². The number of hydrogen-bond acceptors (Lipinski definition) is 5. The quantitative estimate of drug-likeness (QED) is 0.668. The summed E-state index contributed by atoms with van der Waals surface area (Å²) in [7, 11) is 0. The smallest absolute Gasteiger partial charge is 0.251 e. The Morgan fingerprint density at radius 2 is 2.04 bits per heavy atom. The van der Waals surface area contributed by atoms with Gasteiger partial charge in [0.2, 0.25) is 0 Å². The third kappa shape index (κ3) is 6.04. The van der Waals surface area contributed by atoms with Gasteiger partial charge in [0.05, 0.1) is 17.6 Å². The first-order valence-electron chi connectivity index (χ1n) is 8.05. The van der Waals surface area contributed by atoms with E-state index in [1.807, 2.05) is 24.8 Å². The van der Waals surface area contributed by atoms with Crippen LogP contribution in [0.25, 0.3) is 0 Å². The van der Waals surface area contributed by atoms with E-state index >= 15 is 0 Å². The molecule has 0 spiro atoms. The molecule has 1 unspecified atom stereocenters. The topological polar surface area (TPSA) is 42.0 Å². The molecule has 1 aliphatic rings. The molecule has 1 amide bonds. The highest BCUT2D eigenvalue weighted by Gasteiger charge is 2.25. The van der Waals surface area contributed by atoms with Crippen molar-refractivity contribution in [1.29, 1.82) is 0 Å². The monoisotopic (exact) mass is 360 g/mol. The maximum absolute atomic E-state index is 12.4. The molecule has 0 aliphatic carbocycles. The Hall–Kier alpha value is -0.660. The second-order valence-electron chi connectivity index (χ2n) is 5.52. The van der Waals surface area contributed by atoms with Crippen molar-refractivity contribution < 1.29 is 14.3 Å². The van der Waals surface area contributed by atoms with Crippen molar-refractivity contribution in [2.75, 3.05) is 46.0 Å². The minimum absolute atomic E-state index is 0.0697. The summed E-state index contributed by atoms with van der Waals surface area (Å²) < 4.78 is 11.6. The third-order valence-electron chi connectivity index (χ3n) is 3.84. The number of rotatable bonds is 8. The van der Waals surface area contributed by atoms with E-state index in [2.05, 4.69) is 11.0 Å². The zero-order chi connectivity index (χ0) is 16.7. The molecule has 23 heavy (non-hydrogen) atoms. The number of amides is 1. The Morgan fingerprint density at radius 3 is 2.65 bits per heavy atom. The van der Waals surface area contributed by atoms with Crippen LogP contribution in [0.2, 0.25) is 4.34 Å². The third-order valence-corrected chi connectivity index (χ3v) is 5.06. The van der Waals surface area contributed by atoms with E-state index in [1.54, 1.807) is 11.3 Å². The summed E-state index contributed by atoms with van der Waals surface area (Å²) >= 11 is 7.58. The first kappa shape index (κ1) is 18.7. The summed E-state index contributed by atoms with van der Waals surface area (Å²) in [5, 5.41) is 0. The fourth-order valence-electron chi connectivity index (χ4n) is 2.54. The van der Waals surface area contributed by atoms with Crippen LogP contribution < -0.4 is 0 Å². The number of halogens is 1. The fraction of sp³-hybridized carbons (Fsp3) is 0.688. The lowest BCUT2D eigenvalue weighted by molar-refractivity contribution is -0.145. The standard InChI is InChI=1S/C16H25ClN2O3S/c1-3-21-10-11-22-13(2)16(20)19-8-6-18(7-9-19)12-14-4-5-15(17)23-14/h4-5,13H,3,6-12H2,1-2H3.